The van der Waals surface area contributed by atoms with Crippen LogP contribution in [0.25, 0.3) is 0 Å². The molecule has 1 heterocycles. The Bertz CT molecular complexity index is 1110. The number of nitrogens with one attached hydrogen (secondary N) is 2. The molecule has 2 aromatic carbocycles. The standard InChI is InChI=1S/C25H28N2O7/c1-5-32-23(28)18-9-7-8-10-20(18)34-14-17-13-16(11-12-19(17)31-4)22-21(24(29)33-6-2)15(3)26-25(30)27-22/h7-13,22H,5-6,14H2,1-4H3,(H2,26,27,30)/t22-/m1/s1. The Hall–Kier alpha value is -4.01. The maximum atomic E-state index is 12.6. The molecule has 2 aromatic rings. The summed E-state index contributed by atoms with van der Waals surface area (Å²) in [6.45, 7) is 5.63. The molecule has 0 radical (unpaired) electrons. The minimum atomic E-state index is -0.718. The summed E-state index contributed by atoms with van der Waals surface area (Å²) in [6.07, 6.45) is 0. The number of para-hydroxylation sites is 1. The summed E-state index contributed by atoms with van der Waals surface area (Å²) < 4.78 is 21.7. The molecule has 0 unspecified atom stereocenters. The van der Waals surface area contributed by atoms with E-state index >= 15 is 0 Å². The molecule has 0 bridgehead atoms. The minimum Gasteiger partial charge on any atom is -0.496 e. The summed E-state index contributed by atoms with van der Waals surface area (Å²) >= 11 is 0. The Morgan fingerprint density at radius 1 is 0.971 bits per heavy atom. The lowest BCUT2D eigenvalue weighted by molar-refractivity contribution is -0.139. The Morgan fingerprint density at radius 3 is 2.38 bits per heavy atom. The van der Waals surface area contributed by atoms with Gasteiger partial charge in [-0.1, -0.05) is 18.2 Å². The number of allylic oxidation sites excluding steroid dienone is 1. The summed E-state index contributed by atoms with van der Waals surface area (Å²) in [4.78, 5) is 37.0. The van der Waals surface area contributed by atoms with Crippen molar-refractivity contribution in [2.45, 2.75) is 33.4 Å². The second-order valence-corrected chi connectivity index (χ2v) is 7.37. The van der Waals surface area contributed by atoms with E-state index in [-0.39, 0.29) is 19.8 Å². The average molecular weight is 469 g/mol. The highest BCUT2D eigenvalue weighted by Crippen LogP contribution is 2.32. The first kappa shape index (κ1) is 24.6. The first-order chi connectivity index (χ1) is 16.4. The molecule has 1 atom stereocenters. The molecule has 0 saturated heterocycles. The van der Waals surface area contributed by atoms with Gasteiger partial charge >= 0.3 is 18.0 Å². The molecule has 180 valence electrons. The summed E-state index contributed by atoms with van der Waals surface area (Å²) in [7, 11) is 1.53. The van der Waals surface area contributed by atoms with Crippen LogP contribution in [-0.4, -0.2) is 38.3 Å². The zero-order chi connectivity index (χ0) is 24.7. The lowest BCUT2D eigenvalue weighted by Gasteiger charge is -2.28. The van der Waals surface area contributed by atoms with E-state index in [0.717, 1.165) is 0 Å². The largest absolute Gasteiger partial charge is 0.496 e. The van der Waals surface area contributed by atoms with E-state index in [2.05, 4.69) is 10.6 Å². The number of carbonyl (C=O) groups excluding carboxylic acids is 3. The van der Waals surface area contributed by atoms with Gasteiger partial charge in [-0.05, 0) is 50.6 Å². The molecule has 0 spiro atoms. The van der Waals surface area contributed by atoms with Crippen LogP contribution < -0.4 is 20.1 Å². The molecule has 2 N–H and O–H groups in total. The van der Waals surface area contributed by atoms with Crippen molar-refractivity contribution in [3.8, 4) is 11.5 Å². The fourth-order valence-electron chi connectivity index (χ4n) is 3.64. The fraction of sp³-hybridized carbons (Fsp3) is 0.320. The van der Waals surface area contributed by atoms with Gasteiger partial charge in [0.25, 0.3) is 0 Å². The van der Waals surface area contributed by atoms with Gasteiger partial charge in [-0.3, -0.25) is 0 Å². The SMILES string of the molecule is CCOC(=O)C1=C(C)NC(=O)N[C@@H]1c1ccc(OC)c(COc2ccccc2C(=O)OCC)c1. The fourth-order valence-corrected chi connectivity index (χ4v) is 3.64. The van der Waals surface area contributed by atoms with Gasteiger partial charge in [0.2, 0.25) is 0 Å². The van der Waals surface area contributed by atoms with Crippen LogP contribution in [0.4, 0.5) is 4.79 Å². The summed E-state index contributed by atoms with van der Waals surface area (Å²) in [5.41, 5.74) is 2.35. The van der Waals surface area contributed by atoms with Crippen molar-refractivity contribution < 1.29 is 33.3 Å². The van der Waals surface area contributed by atoms with E-state index in [1.54, 1.807) is 63.2 Å². The van der Waals surface area contributed by atoms with Gasteiger partial charge in [-0.2, -0.15) is 0 Å². The maximum absolute atomic E-state index is 12.6. The van der Waals surface area contributed by atoms with Crippen molar-refractivity contribution in [3.05, 3.63) is 70.4 Å². The number of hydrogen-bond acceptors (Lipinski definition) is 7. The molecule has 1 aliphatic heterocycles. The highest BCUT2D eigenvalue weighted by molar-refractivity contribution is 5.95. The lowest BCUT2D eigenvalue weighted by atomic mass is 9.94. The van der Waals surface area contributed by atoms with Crippen molar-refractivity contribution in [1.29, 1.82) is 0 Å². The van der Waals surface area contributed by atoms with Crippen LogP contribution in [0.5, 0.6) is 11.5 Å². The van der Waals surface area contributed by atoms with E-state index in [0.29, 0.717) is 39.5 Å². The molecule has 3 rings (SSSR count). The van der Waals surface area contributed by atoms with Crippen molar-refractivity contribution in [2.75, 3.05) is 20.3 Å². The molecule has 0 aromatic heterocycles. The van der Waals surface area contributed by atoms with Crippen LogP contribution in [0.1, 0.15) is 48.3 Å². The number of rotatable bonds is 9. The Kier molecular flexibility index (Phi) is 8.13. The molecule has 9 nitrogen and oxygen atoms in total. The van der Waals surface area contributed by atoms with E-state index < -0.39 is 24.0 Å². The zero-order valence-electron chi connectivity index (χ0n) is 19.6. The van der Waals surface area contributed by atoms with Gasteiger partial charge < -0.3 is 29.6 Å². The number of amides is 2. The van der Waals surface area contributed by atoms with E-state index in [1.165, 1.54) is 7.11 Å². The molecule has 9 heteroatoms. The molecular formula is C25H28N2O7. The second kappa shape index (κ2) is 11.2. The van der Waals surface area contributed by atoms with E-state index in [1.807, 2.05) is 0 Å². The van der Waals surface area contributed by atoms with Gasteiger partial charge in [-0.15, -0.1) is 0 Å². The monoisotopic (exact) mass is 468 g/mol. The van der Waals surface area contributed by atoms with Gasteiger partial charge in [0.05, 0.1) is 31.9 Å². The zero-order valence-corrected chi connectivity index (χ0v) is 19.6. The topological polar surface area (TPSA) is 112 Å². The van der Waals surface area contributed by atoms with Crippen LogP contribution in [0.2, 0.25) is 0 Å². The number of benzene rings is 2. The van der Waals surface area contributed by atoms with Gasteiger partial charge in [0, 0.05) is 11.3 Å². The predicted octanol–water partition coefficient (Wildman–Crippen LogP) is 3.64. The third kappa shape index (κ3) is 5.48. The van der Waals surface area contributed by atoms with Gasteiger partial charge in [0.1, 0.15) is 23.7 Å². The molecule has 34 heavy (non-hydrogen) atoms. The quantitative estimate of drug-likeness (QED) is 0.540. The Labute approximate surface area is 198 Å². The van der Waals surface area contributed by atoms with Crippen LogP contribution >= 0.6 is 0 Å². The maximum Gasteiger partial charge on any atom is 0.341 e. The summed E-state index contributed by atoms with van der Waals surface area (Å²) in [6, 6.07) is 10.9. The van der Waals surface area contributed by atoms with Gasteiger partial charge in [0.15, 0.2) is 0 Å². The number of methoxy groups -OCH3 is 1. The first-order valence-corrected chi connectivity index (χ1v) is 10.9. The van der Waals surface area contributed by atoms with Crippen molar-refractivity contribution in [2.24, 2.45) is 0 Å². The molecule has 0 saturated carbocycles. The molecular weight excluding hydrogens is 440 g/mol. The summed E-state index contributed by atoms with van der Waals surface area (Å²) in [5, 5.41) is 5.39. The van der Waals surface area contributed by atoms with Crippen LogP contribution in [0, 0.1) is 0 Å². The molecule has 0 aliphatic carbocycles. The average Bonchev–Trinajstić information content (AvgIpc) is 2.82. The normalized spacial score (nSPS) is 15.2. The molecule has 2 amide bonds. The molecule has 0 fully saturated rings. The third-order valence-electron chi connectivity index (χ3n) is 5.17. The van der Waals surface area contributed by atoms with Crippen LogP contribution in [-0.2, 0) is 20.9 Å². The van der Waals surface area contributed by atoms with E-state index in [9.17, 15) is 14.4 Å². The van der Waals surface area contributed by atoms with Crippen LogP contribution in [0.15, 0.2) is 53.7 Å². The number of hydrogen-bond donors (Lipinski definition) is 2. The smallest absolute Gasteiger partial charge is 0.341 e. The van der Waals surface area contributed by atoms with Crippen molar-refractivity contribution in [3.63, 3.8) is 0 Å². The Balaban J connectivity index is 1.92. The lowest BCUT2D eigenvalue weighted by Crippen LogP contribution is -2.45. The number of carbonyl (C=O) groups is 3. The van der Waals surface area contributed by atoms with E-state index in [4.69, 9.17) is 18.9 Å². The first-order valence-electron chi connectivity index (χ1n) is 10.9. The highest BCUT2D eigenvalue weighted by atomic mass is 16.5. The summed E-state index contributed by atoms with van der Waals surface area (Å²) in [5.74, 6) is -0.0760. The number of esters is 2. The van der Waals surface area contributed by atoms with Gasteiger partial charge in [-0.25, -0.2) is 14.4 Å². The predicted molar refractivity (Wildman–Crippen MR) is 123 cm³/mol. The third-order valence-corrected chi connectivity index (χ3v) is 5.17. The minimum absolute atomic E-state index is 0.0732. The van der Waals surface area contributed by atoms with Crippen LogP contribution in [0.3, 0.4) is 0 Å². The molecule has 1 aliphatic rings. The Morgan fingerprint density at radius 2 is 1.68 bits per heavy atom. The number of ether oxygens (including phenoxy) is 4. The highest BCUT2D eigenvalue weighted by Gasteiger charge is 2.32. The van der Waals surface area contributed by atoms with Crippen molar-refractivity contribution in [1.82, 2.24) is 10.6 Å². The number of urea groups is 1. The van der Waals surface area contributed by atoms with Crippen molar-refractivity contribution >= 4 is 18.0 Å². The second-order valence-electron chi connectivity index (χ2n) is 7.37.